The van der Waals surface area contributed by atoms with Gasteiger partial charge in [0.25, 0.3) is 10.1 Å². The van der Waals surface area contributed by atoms with Crippen molar-refractivity contribution < 1.29 is 56.8 Å². The second kappa shape index (κ2) is 39.7. The molecular weight excluding hydrogens is 825 g/mol. The molecule has 1 aliphatic heterocycles. The fraction of sp³-hybridized carbons (Fsp3) is 0.760. The first-order valence-corrected chi connectivity index (χ1v) is 26.0. The molecule has 0 aromatic rings. The molecule has 1 heterocycles. The van der Waals surface area contributed by atoms with Gasteiger partial charge in [0, 0.05) is 12.8 Å². The van der Waals surface area contributed by atoms with E-state index in [0.29, 0.717) is 12.8 Å². The van der Waals surface area contributed by atoms with Crippen molar-refractivity contribution >= 4 is 22.1 Å². The SMILES string of the molecule is CC/C=C/C/C=C/C/C=C/C/C=C/C/C=C/CCCCCC(=O)OC[C@H](CO[C@H]1O[C@H](CS(=O)(=O)O)[C@@H](O)C(O)C1O)OC(=O)CCCCCCCCCCCCCCCCCC. The van der Waals surface area contributed by atoms with E-state index in [4.69, 9.17) is 18.9 Å². The van der Waals surface area contributed by atoms with E-state index < -0.39 is 71.2 Å². The minimum absolute atomic E-state index is 0.157. The molecule has 1 rings (SSSR count). The van der Waals surface area contributed by atoms with E-state index in [1.807, 2.05) is 0 Å². The molecule has 0 amide bonds. The second-order valence-electron chi connectivity index (χ2n) is 16.8. The van der Waals surface area contributed by atoms with E-state index in [0.717, 1.165) is 70.6 Å². The maximum Gasteiger partial charge on any atom is 0.306 e. The van der Waals surface area contributed by atoms with E-state index in [1.165, 1.54) is 77.0 Å². The Labute approximate surface area is 381 Å². The fourth-order valence-corrected chi connectivity index (χ4v) is 7.81. The first-order valence-electron chi connectivity index (χ1n) is 24.3. The quantitative estimate of drug-likeness (QED) is 0.0198. The molecule has 1 fully saturated rings. The molecule has 0 saturated carbocycles. The molecule has 1 saturated heterocycles. The monoisotopic (exact) mass is 911 g/mol. The highest BCUT2D eigenvalue weighted by Crippen LogP contribution is 2.24. The Morgan fingerprint density at radius 3 is 1.49 bits per heavy atom. The molecule has 63 heavy (non-hydrogen) atoms. The number of aliphatic hydroxyl groups excluding tert-OH is 3. The summed E-state index contributed by atoms with van der Waals surface area (Å²) in [4.78, 5) is 25.5. The average Bonchev–Trinajstić information content (AvgIpc) is 3.25. The largest absolute Gasteiger partial charge is 0.462 e. The molecule has 0 aliphatic carbocycles. The second-order valence-corrected chi connectivity index (χ2v) is 18.2. The molecule has 4 N–H and O–H groups in total. The highest BCUT2D eigenvalue weighted by atomic mass is 32.2. The Morgan fingerprint density at radius 2 is 1.00 bits per heavy atom. The summed E-state index contributed by atoms with van der Waals surface area (Å²) in [7, 11) is -4.61. The third-order valence-electron chi connectivity index (χ3n) is 10.9. The summed E-state index contributed by atoms with van der Waals surface area (Å²) in [5, 5.41) is 30.9. The van der Waals surface area contributed by atoms with Crippen LogP contribution in [0.4, 0.5) is 0 Å². The van der Waals surface area contributed by atoms with Crippen molar-refractivity contribution in [2.75, 3.05) is 19.0 Å². The molecular formula is C50H86O12S. The van der Waals surface area contributed by atoms with Crippen molar-refractivity contribution in [3.8, 4) is 0 Å². The third kappa shape index (κ3) is 34.4. The van der Waals surface area contributed by atoms with Crippen LogP contribution in [0.5, 0.6) is 0 Å². The number of ether oxygens (including phenoxy) is 4. The van der Waals surface area contributed by atoms with Crippen molar-refractivity contribution in [1.29, 1.82) is 0 Å². The first-order chi connectivity index (χ1) is 30.5. The summed E-state index contributed by atoms with van der Waals surface area (Å²) in [5.74, 6) is -2.02. The Morgan fingerprint density at radius 1 is 0.556 bits per heavy atom. The number of hydrogen-bond donors (Lipinski definition) is 4. The van der Waals surface area contributed by atoms with Crippen LogP contribution in [0, 0.1) is 0 Å². The Bertz CT molecular complexity index is 1390. The summed E-state index contributed by atoms with van der Waals surface area (Å²) in [5.41, 5.74) is 0. The molecule has 13 heteroatoms. The molecule has 12 nitrogen and oxygen atoms in total. The van der Waals surface area contributed by atoms with E-state index in [1.54, 1.807) is 0 Å². The van der Waals surface area contributed by atoms with Crippen LogP contribution in [0.25, 0.3) is 0 Å². The van der Waals surface area contributed by atoms with Crippen molar-refractivity contribution in [3.63, 3.8) is 0 Å². The molecule has 0 spiro atoms. The van der Waals surface area contributed by atoms with E-state index >= 15 is 0 Å². The predicted molar refractivity (Wildman–Crippen MR) is 252 cm³/mol. The highest BCUT2D eigenvalue weighted by Gasteiger charge is 2.46. The number of esters is 2. The topological polar surface area (TPSA) is 186 Å². The molecule has 6 atom stereocenters. The van der Waals surface area contributed by atoms with Crippen LogP contribution in [0.15, 0.2) is 60.8 Å². The highest BCUT2D eigenvalue weighted by molar-refractivity contribution is 7.85. The predicted octanol–water partition coefficient (Wildman–Crippen LogP) is 10.5. The first kappa shape index (κ1) is 58.4. The molecule has 1 aliphatic rings. The Hall–Kier alpha value is -2.65. The number of unbranched alkanes of at least 4 members (excludes halogenated alkanes) is 18. The minimum Gasteiger partial charge on any atom is -0.462 e. The summed E-state index contributed by atoms with van der Waals surface area (Å²) >= 11 is 0. The van der Waals surface area contributed by atoms with Crippen molar-refractivity contribution in [1.82, 2.24) is 0 Å². The third-order valence-corrected chi connectivity index (χ3v) is 11.6. The van der Waals surface area contributed by atoms with Crippen LogP contribution in [0.1, 0.15) is 187 Å². The Kier molecular flexibility index (Phi) is 36.8. The zero-order valence-corrected chi connectivity index (χ0v) is 39.7. The van der Waals surface area contributed by atoms with Crippen LogP contribution >= 0.6 is 0 Å². The molecule has 2 unspecified atom stereocenters. The number of carbonyl (C=O) groups excluding carboxylic acids is 2. The van der Waals surface area contributed by atoms with Gasteiger partial charge in [0.1, 0.15) is 36.8 Å². The molecule has 364 valence electrons. The molecule has 0 bridgehead atoms. The van der Waals surface area contributed by atoms with Crippen molar-refractivity contribution in [3.05, 3.63) is 60.8 Å². The maximum absolute atomic E-state index is 12.8. The average molecular weight is 911 g/mol. The van der Waals surface area contributed by atoms with E-state index in [9.17, 15) is 37.9 Å². The zero-order valence-electron chi connectivity index (χ0n) is 38.9. The van der Waals surface area contributed by atoms with Gasteiger partial charge in [0.15, 0.2) is 12.4 Å². The van der Waals surface area contributed by atoms with Gasteiger partial charge in [-0.3, -0.25) is 14.1 Å². The lowest BCUT2D eigenvalue weighted by molar-refractivity contribution is -0.297. The summed E-state index contributed by atoms with van der Waals surface area (Å²) in [6.07, 6.45) is 39.7. The lowest BCUT2D eigenvalue weighted by atomic mass is 10.00. The van der Waals surface area contributed by atoms with Crippen LogP contribution in [-0.2, 0) is 38.7 Å². The zero-order chi connectivity index (χ0) is 46.2. The lowest BCUT2D eigenvalue weighted by Crippen LogP contribution is -2.60. The lowest BCUT2D eigenvalue weighted by Gasteiger charge is -2.40. The Balaban J connectivity index is 2.43. The molecule has 0 radical (unpaired) electrons. The van der Waals surface area contributed by atoms with Crippen LogP contribution in [-0.4, -0.2) is 96.0 Å². The maximum atomic E-state index is 12.8. The van der Waals surface area contributed by atoms with Gasteiger partial charge in [-0.05, 0) is 57.8 Å². The smallest absolute Gasteiger partial charge is 0.306 e. The minimum atomic E-state index is -4.61. The number of allylic oxidation sites excluding steroid dienone is 10. The summed E-state index contributed by atoms with van der Waals surface area (Å²) in [6, 6.07) is 0. The van der Waals surface area contributed by atoms with Gasteiger partial charge < -0.3 is 34.3 Å². The van der Waals surface area contributed by atoms with Crippen LogP contribution in [0.3, 0.4) is 0 Å². The number of carbonyl (C=O) groups is 2. The van der Waals surface area contributed by atoms with E-state index in [2.05, 4.69) is 74.6 Å². The van der Waals surface area contributed by atoms with Gasteiger partial charge >= 0.3 is 11.9 Å². The fourth-order valence-electron chi connectivity index (χ4n) is 7.12. The van der Waals surface area contributed by atoms with Gasteiger partial charge in [0.05, 0.1) is 6.61 Å². The summed E-state index contributed by atoms with van der Waals surface area (Å²) < 4.78 is 54.1. The van der Waals surface area contributed by atoms with Gasteiger partial charge in [-0.15, -0.1) is 0 Å². The molecule has 0 aromatic carbocycles. The van der Waals surface area contributed by atoms with Gasteiger partial charge in [-0.2, -0.15) is 8.42 Å². The van der Waals surface area contributed by atoms with E-state index in [-0.39, 0.29) is 19.4 Å². The number of aliphatic hydroxyl groups is 3. The number of hydrogen-bond acceptors (Lipinski definition) is 11. The number of rotatable bonds is 40. The summed E-state index contributed by atoms with van der Waals surface area (Å²) in [6.45, 7) is 3.63. The van der Waals surface area contributed by atoms with Crippen LogP contribution in [0.2, 0.25) is 0 Å². The van der Waals surface area contributed by atoms with Gasteiger partial charge in [-0.25, -0.2) is 0 Å². The van der Waals surface area contributed by atoms with Gasteiger partial charge in [0.2, 0.25) is 0 Å². The van der Waals surface area contributed by atoms with Gasteiger partial charge in [-0.1, -0.05) is 177 Å². The van der Waals surface area contributed by atoms with Crippen LogP contribution < -0.4 is 0 Å². The molecule has 0 aromatic heterocycles. The normalized spacial score (nSPS) is 20.3. The standard InChI is InChI=1S/C50H86O12S/c1-3-5-7-9-11-13-15-17-19-21-22-23-25-26-28-30-32-34-36-38-45(51)59-40-43(41-60-50-49(55)48(54)47(53)44(62-50)42-63(56,57)58)61-46(52)39-37-35-33-31-29-27-24-20-18-16-14-12-10-8-6-4-2/h5,7,11,13,17,19,22-23,26,28,43-44,47-50,53-55H,3-4,6,8-10,12,14-16,18,20-21,24-25,27,29-42H2,1-2H3,(H,56,57,58)/b7-5+,13-11+,19-17+,23-22+,28-26+/t43-,44-,47-,48?,49?,50+/m1/s1. The van der Waals surface area contributed by atoms with Crippen molar-refractivity contribution in [2.45, 2.75) is 224 Å². The van der Waals surface area contributed by atoms with Crippen molar-refractivity contribution in [2.24, 2.45) is 0 Å².